The molecule has 2 aromatic rings. The largest absolute Gasteiger partial charge is 0.326 e. The number of hydrogen-bond donors (Lipinski definition) is 3. The minimum absolute atomic E-state index is 0.00605. The van der Waals surface area contributed by atoms with Crippen molar-refractivity contribution >= 4 is 21.6 Å². The molecule has 0 bridgehead atoms. The molecule has 0 unspecified atom stereocenters. The number of aryl methyl sites for hydroxylation is 1. The first-order valence-corrected chi connectivity index (χ1v) is 11.3. The van der Waals surface area contributed by atoms with Gasteiger partial charge in [0.05, 0.1) is 0 Å². The van der Waals surface area contributed by atoms with Crippen LogP contribution in [0.25, 0.3) is 0 Å². The number of rotatable bonds is 5. The molecule has 1 amide bonds. The van der Waals surface area contributed by atoms with Crippen LogP contribution in [0, 0.1) is 12.8 Å². The molecule has 0 aliphatic carbocycles. The third kappa shape index (κ3) is 4.54. The highest BCUT2D eigenvalue weighted by atomic mass is 32.2. The fourth-order valence-corrected chi connectivity index (χ4v) is 5.26. The van der Waals surface area contributed by atoms with E-state index in [-0.39, 0.29) is 30.6 Å². The standard InChI is InChI=1S/C20H26N4O5S/c1-12(2)14-4-6-16(7-5-14)22-18(25)15-8-10-24(11-9-15)30(28,29)17-13(3)21-20(27)23-19(17)26/h4-7,12,15H,8-11H2,1-3H3,(H,22,25)(H2,21,23,26,27). The van der Waals surface area contributed by atoms with Gasteiger partial charge in [0.2, 0.25) is 15.9 Å². The number of aromatic nitrogens is 2. The molecule has 3 N–H and O–H groups in total. The van der Waals surface area contributed by atoms with Gasteiger partial charge in [-0.2, -0.15) is 4.31 Å². The molecule has 162 valence electrons. The van der Waals surface area contributed by atoms with E-state index in [1.54, 1.807) is 0 Å². The van der Waals surface area contributed by atoms with Gasteiger partial charge in [-0.15, -0.1) is 0 Å². The van der Waals surface area contributed by atoms with E-state index >= 15 is 0 Å². The maximum Gasteiger partial charge on any atom is 0.325 e. The van der Waals surface area contributed by atoms with E-state index < -0.39 is 26.2 Å². The number of H-pyrrole nitrogens is 2. The van der Waals surface area contributed by atoms with Crippen molar-refractivity contribution in [2.45, 2.75) is 44.4 Å². The van der Waals surface area contributed by atoms with Crippen LogP contribution in [0.3, 0.4) is 0 Å². The number of amides is 1. The highest BCUT2D eigenvalue weighted by Gasteiger charge is 2.34. The fourth-order valence-electron chi connectivity index (χ4n) is 3.58. The van der Waals surface area contributed by atoms with Crippen molar-refractivity contribution in [2.75, 3.05) is 18.4 Å². The summed E-state index contributed by atoms with van der Waals surface area (Å²) >= 11 is 0. The lowest BCUT2D eigenvalue weighted by molar-refractivity contribution is -0.120. The summed E-state index contributed by atoms with van der Waals surface area (Å²) < 4.78 is 26.9. The smallest absolute Gasteiger partial charge is 0.325 e. The van der Waals surface area contributed by atoms with Gasteiger partial charge in [0.15, 0.2) is 4.90 Å². The van der Waals surface area contributed by atoms with Crippen LogP contribution in [0.4, 0.5) is 5.69 Å². The predicted molar refractivity (Wildman–Crippen MR) is 113 cm³/mol. The first-order valence-electron chi connectivity index (χ1n) is 9.83. The second kappa shape index (κ2) is 8.57. The minimum atomic E-state index is -4.07. The van der Waals surface area contributed by atoms with Gasteiger partial charge in [-0.1, -0.05) is 26.0 Å². The highest BCUT2D eigenvalue weighted by molar-refractivity contribution is 7.89. The van der Waals surface area contributed by atoms with Gasteiger partial charge in [-0.3, -0.25) is 14.6 Å². The number of piperidine rings is 1. The number of benzene rings is 1. The SMILES string of the molecule is Cc1[nH]c(=O)[nH]c(=O)c1S(=O)(=O)N1CCC(C(=O)Nc2ccc(C(C)C)cc2)CC1. The van der Waals surface area contributed by atoms with Crippen LogP contribution < -0.4 is 16.6 Å². The van der Waals surface area contributed by atoms with E-state index in [0.717, 1.165) is 0 Å². The Morgan fingerprint density at radius 2 is 1.70 bits per heavy atom. The van der Waals surface area contributed by atoms with Crippen molar-refractivity contribution < 1.29 is 13.2 Å². The molecule has 1 aromatic carbocycles. The molecule has 1 aromatic heterocycles. The second-order valence-electron chi connectivity index (χ2n) is 7.81. The monoisotopic (exact) mass is 434 g/mol. The van der Waals surface area contributed by atoms with E-state index in [1.807, 2.05) is 29.2 Å². The zero-order valence-corrected chi connectivity index (χ0v) is 18.0. The van der Waals surface area contributed by atoms with Crippen LogP contribution in [-0.2, 0) is 14.8 Å². The molecule has 10 heteroatoms. The average Bonchev–Trinajstić information content (AvgIpc) is 2.67. The van der Waals surface area contributed by atoms with Crippen LogP contribution in [0.2, 0.25) is 0 Å². The quantitative estimate of drug-likeness (QED) is 0.657. The molecule has 1 aliphatic rings. The van der Waals surface area contributed by atoms with Gasteiger partial charge < -0.3 is 10.3 Å². The molecule has 1 fully saturated rings. The van der Waals surface area contributed by atoms with Crippen LogP contribution in [0.15, 0.2) is 38.8 Å². The molecular formula is C20H26N4O5S. The molecular weight excluding hydrogens is 408 g/mol. The number of aromatic amines is 2. The minimum Gasteiger partial charge on any atom is -0.326 e. The molecule has 1 aliphatic heterocycles. The highest BCUT2D eigenvalue weighted by Crippen LogP contribution is 2.25. The van der Waals surface area contributed by atoms with Crippen molar-refractivity contribution in [3.8, 4) is 0 Å². The van der Waals surface area contributed by atoms with Crippen LogP contribution >= 0.6 is 0 Å². The lowest BCUT2D eigenvalue weighted by Gasteiger charge is -2.30. The summed E-state index contributed by atoms with van der Waals surface area (Å²) in [6.45, 7) is 5.79. The zero-order valence-electron chi connectivity index (χ0n) is 17.2. The third-order valence-corrected chi connectivity index (χ3v) is 7.39. The second-order valence-corrected chi connectivity index (χ2v) is 9.68. The molecule has 0 saturated carbocycles. The number of sulfonamides is 1. The van der Waals surface area contributed by atoms with Gasteiger partial charge in [0.25, 0.3) is 5.56 Å². The average molecular weight is 435 g/mol. The molecule has 2 heterocycles. The summed E-state index contributed by atoms with van der Waals surface area (Å²) in [5.74, 6) is -0.0713. The van der Waals surface area contributed by atoms with Gasteiger partial charge in [-0.05, 0) is 43.4 Å². The van der Waals surface area contributed by atoms with Crippen LogP contribution in [0.1, 0.15) is 43.9 Å². The number of anilines is 1. The Kier molecular flexibility index (Phi) is 6.27. The topological polar surface area (TPSA) is 132 Å². The zero-order chi connectivity index (χ0) is 22.1. The van der Waals surface area contributed by atoms with Gasteiger partial charge in [0, 0.05) is 30.4 Å². The number of nitrogens with one attached hydrogen (secondary N) is 3. The normalized spacial score (nSPS) is 16.0. The van der Waals surface area contributed by atoms with Crippen LogP contribution in [0.5, 0.6) is 0 Å². The Labute approximate surface area is 174 Å². The van der Waals surface area contributed by atoms with Crippen molar-refractivity contribution in [2.24, 2.45) is 5.92 Å². The predicted octanol–water partition coefficient (Wildman–Crippen LogP) is 1.53. The molecule has 3 rings (SSSR count). The molecule has 0 radical (unpaired) electrons. The van der Waals surface area contributed by atoms with E-state index in [4.69, 9.17) is 0 Å². The van der Waals surface area contributed by atoms with E-state index in [9.17, 15) is 22.8 Å². The molecule has 1 saturated heterocycles. The summed E-state index contributed by atoms with van der Waals surface area (Å²) in [4.78, 5) is 39.8. The Hall–Kier alpha value is -2.72. The van der Waals surface area contributed by atoms with Crippen molar-refractivity contribution in [1.29, 1.82) is 0 Å². The number of nitrogens with zero attached hydrogens (tertiary/aromatic N) is 1. The molecule has 30 heavy (non-hydrogen) atoms. The van der Waals surface area contributed by atoms with Crippen molar-refractivity contribution in [1.82, 2.24) is 14.3 Å². The summed E-state index contributed by atoms with van der Waals surface area (Å²) in [5.41, 5.74) is 0.177. The van der Waals surface area contributed by atoms with E-state index in [1.165, 1.54) is 16.8 Å². The molecule has 0 atom stereocenters. The maximum absolute atomic E-state index is 12.9. The number of hydrogen-bond acceptors (Lipinski definition) is 5. The van der Waals surface area contributed by atoms with Gasteiger partial charge in [-0.25, -0.2) is 13.2 Å². The third-order valence-electron chi connectivity index (χ3n) is 5.34. The van der Waals surface area contributed by atoms with Crippen molar-refractivity contribution in [3.05, 3.63) is 56.4 Å². The Bertz CT molecular complexity index is 1140. The van der Waals surface area contributed by atoms with E-state index in [2.05, 4.69) is 24.1 Å². The summed E-state index contributed by atoms with van der Waals surface area (Å²) in [6.07, 6.45) is 0.685. The first-order chi connectivity index (χ1) is 14.1. The van der Waals surface area contributed by atoms with E-state index in [0.29, 0.717) is 24.4 Å². The summed E-state index contributed by atoms with van der Waals surface area (Å²) in [5, 5.41) is 2.89. The summed E-state index contributed by atoms with van der Waals surface area (Å²) in [7, 11) is -4.07. The Morgan fingerprint density at radius 3 is 2.23 bits per heavy atom. The maximum atomic E-state index is 12.9. The van der Waals surface area contributed by atoms with Gasteiger partial charge >= 0.3 is 5.69 Å². The number of carbonyl (C=O) groups excluding carboxylic acids is 1. The molecule has 9 nitrogen and oxygen atoms in total. The first kappa shape index (κ1) is 22.0. The van der Waals surface area contributed by atoms with Gasteiger partial charge in [0.1, 0.15) is 0 Å². The van der Waals surface area contributed by atoms with Crippen LogP contribution in [-0.4, -0.2) is 41.7 Å². The lowest BCUT2D eigenvalue weighted by atomic mass is 9.97. The Morgan fingerprint density at radius 1 is 1.10 bits per heavy atom. The Balaban J connectivity index is 1.66. The fraction of sp³-hybridized carbons (Fsp3) is 0.450. The number of carbonyl (C=O) groups is 1. The molecule has 0 spiro atoms. The lowest BCUT2D eigenvalue weighted by Crippen LogP contribution is -2.44. The van der Waals surface area contributed by atoms with Crippen molar-refractivity contribution in [3.63, 3.8) is 0 Å². The summed E-state index contributed by atoms with van der Waals surface area (Å²) in [6, 6.07) is 7.66.